The molecule has 0 fully saturated rings. The van der Waals surface area contributed by atoms with E-state index in [9.17, 15) is 8.42 Å². The SMILES string of the molecule is COC(C)CNS(=O)(=O)c1ccc(Br)c(C)c1. The summed E-state index contributed by atoms with van der Waals surface area (Å²) in [6.45, 7) is 3.91. The fraction of sp³-hybridized carbons (Fsp3) is 0.455. The predicted molar refractivity (Wildman–Crippen MR) is 70.5 cm³/mol. The first-order valence-electron chi connectivity index (χ1n) is 5.15. The minimum absolute atomic E-state index is 0.152. The van der Waals surface area contributed by atoms with Gasteiger partial charge in [-0.3, -0.25) is 0 Å². The number of hydrogen-bond donors (Lipinski definition) is 1. The first-order valence-corrected chi connectivity index (χ1v) is 7.43. The van der Waals surface area contributed by atoms with E-state index in [0.717, 1.165) is 10.0 Å². The number of nitrogens with one attached hydrogen (secondary N) is 1. The summed E-state index contributed by atoms with van der Waals surface area (Å²) in [6, 6.07) is 4.92. The van der Waals surface area contributed by atoms with E-state index >= 15 is 0 Å². The van der Waals surface area contributed by atoms with Crippen LogP contribution in [0.1, 0.15) is 12.5 Å². The molecule has 0 saturated carbocycles. The van der Waals surface area contributed by atoms with Crippen molar-refractivity contribution < 1.29 is 13.2 Å². The number of rotatable bonds is 5. The van der Waals surface area contributed by atoms with Crippen LogP contribution in [-0.2, 0) is 14.8 Å². The molecule has 0 aromatic heterocycles. The van der Waals surface area contributed by atoms with Gasteiger partial charge in [0.15, 0.2) is 0 Å². The second-order valence-corrected chi connectivity index (χ2v) is 6.43. The zero-order valence-electron chi connectivity index (χ0n) is 10.0. The third kappa shape index (κ3) is 4.06. The van der Waals surface area contributed by atoms with Crippen molar-refractivity contribution in [3.63, 3.8) is 0 Å². The number of methoxy groups -OCH3 is 1. The van der Waals surface area contributed by atoms with Gasteiger partial charge in [0, 0.05) is 18.1 Å². The second-order valence-electron chi connectivity index (χ2n) is 3.81. The van der Waals surface area contributed by atoms with Gasteiger partial charge < -0.3 is 4.74 Å². The number of halogens is 1. The second kappa shape index (κ2) is 5.95. The van der Waals surface area contributed by atoms with Gasteiger partial charge in [-0.2, -0.15) is 0 Å². The molecule has 17 heavy (non-hydrogen) atoms. The Morgan fingerprint density at radius 3 is 2.65 bits per heavy atom. The molecule has 0 amide bonds. The maximum atomic E-state index is 11.9. The highest BCUT2D eigenvalue weighted by Crippen LogP contribution is 2.19. The third-order valence-corrected chi connectivity index (χ3v) is 4.71. The molecule has 6 heteroatoms. The summed E-state index contributed by atoms with van der Waals surface area (Å²) >= 11 is 3.33. The van der Waals surface area contributed by atoms with E-state index in [1.54, 1.807) is 32.2 Å². The molecule has 0 aliphatic carbocycles. The Bertz CT molecular complexity index is 487. The summed E-state index contributed by atoms with van der Waals surface area (Å²) in [6.07, 6.45) is -0.152. The van der Waals surface area contributed by atoms with Crippen LogP contribution >= 0.6 is 15.9 Å². The maximum Gasteiger partial charge on any atom is 0.240 e. The van der Waals surface area contributed by atoms with Crippen LogP contribution < -0.4 is 4.72 Å². The van der Waals surface area contributed by atoms with Crippen molar-refractivity contribution in [2.24, 2.45) is 0 Å². The average Bonchev–Trinajstić information content (AvgIpc) is 2.29. The van der Waals surface area contributed by atoms with E-state index in [-0.39, 0.29) is 17.5 Å². The normalized spacial score (nSPS) is 13.6. The van der Waals surface area contributed by atoms with Gasteiger partial charge in [0.2, 0.25) is 10.0 Å². The quantitative estimate of drug-likeness (QED) is 0.903. The van der Waals surface area contributed by atoms with E-state index in [1.807, 2.05) is 6.92 Å². The van der Waals surface area contributed by atoms with Gasteiger partial charge in [-0.1, -0.05) is 15.9 Å². The van der Waals surface area contributed by atoms with Crippen LogP contribution in [0.25, 0.3) is 0 Å². The van der Waals surface area contributed by atoms with Crippen molar-refractivity contribution in [3.8, 4) is 0 Å². The van der Waals surface area contributed by atoms with Gasteiger partial charge in [0.05, 0.1) is 11.0 Å². The van der Waals surface area contributed by atoms with Crippen molar-refractivity contribution in [2.75, 3.05) is 13.7 Å². The predicted octanol–water partition coefficient (Wildman–Crippen LogP) is 2.07. The zero-order valence-corrected chi connectivity index (χ0v) is 12.4. The van der Waals surface area contributed by atoms with Crippen molar-refractivity contribution in [1.29, 1.82) is 0 Å². The number of ether oxygens (including phenoxy) is 1. The fourth-order valence-corrected chi connectivity index (χ4v) is 2.62. The standard InChI is InChI=1S/C11H16BrNO3S/c1-8-6-10(4-5-11(8)12)17(14,15)13-7-9(2)16-3/h4-6,9,13H,7H2,1-3H3. The average molecular weight is 322 g/mol. The Hall–Kier alpha value is -0.430. The molecule has 1 aromatic rings. The van der Waals surface area contributed by atoms with E-state index in [1.165, 1.54) is 0 Å². The summed E-state index contributed by atoms with van der Waals surface area (Å²) in [5.41, 5.74) is 0.882. The lowest BCUT2D eigenvalue weighted by molar-refractivity contribution is 0.122. The van der Waals surface area contributed by atoms with Crippen LogP contribution in [0.3, 0.4) is 0 Å². The molecule has 1 unspecified atom stereocenters. The molecule has 4 nitrogen and oxygen atoms in total. The maximum absolute atomic E-state index is 11.9. The number of sulfonamides is 1. The van der Waals surface area contributed by atoms with Crippen LogP contribution in [0, 0.1) is 6.92 Å². The lowest BCUT2D eigenvalue weighted by Crippen LogP contribution is -2.31. The van der Waals surface area contributed by atoms with Gasteiger partial charge in [0.25, 0.3) is 0 Å². The lowest BCUT2D eigenvalue weighted by atomic mass is 10.2. The fourth-order valence-electron chi connectivity index (χ4n) is 1.18. The first-order chi connectivity index (χ1) is 7.86. The summed E-state index contributed by atoms with van der Waals surface area (Å²) in [5, 5.41) is 0. The monoisotopic (exact) mass is 321 g/mol. The molecular weight excluding hydrogens is 306 g/mol. The van der Waals surface area contributed by atoms with Gasteiger partial charge in [-0.25, -0.2) is 13.1 Å². The molecule has 0 bridgehead atoms. The van der Waals surface area contributed by atoms with Crippen LogP contribution in [-0.4, -0.2) is 28.2 Å². The number of hydrogen-bond acceptors (Lipinski definition) is 3. The van der Waals surface area contributed by atoms with E-state index in [4.69, 9.17) is 4.74 Å². The van der Waals surface area contributed by atoms with Crippen molar-refractivity contribution in [1.82, 2.24) is 4.72 Å². The molecule has 96 valence electrons. The largest absolute Gasteiger partial charge is 0.380 e. The summed E-state index contributed by atoms with van der Waals surface area (Å²) in [7, 11) is -1.91. The highest BCUT2D eigenvalue weighted by molar-refractivity contribution is 9.10. The molecule has 0 spiro atoms. The van der Waals surface area contributed by atoms with E-state index in [2.05, 4.69) is 20.7 Å². The van der Waals surface area contributed by atoms with Crippen LogP contribution in [0.15, 0.2) is 27.6 Å². The Balaban J connectivity index is 2.86. The summed E-state index contributed by atoms with van der Waals surface area (Å²) in [5.74, 6) is 0. The first kappa shape index (κ1) is 14.6. The molecule has 1 aromatic carbocycles. The Morgan fingerprint density at radius 2 is 2.12 bits per heavy atom. The Morgan fingerprint density at radius 1 is 1.47 bits per heavy atom. The van der Waals surface area contributed by atoms with Gasteiger partial charge >= 0.3 is 0 Å². The Kier molecular flexibility index (Phi) is 5.12. The molecule has 0 radical (unpaired) electrons. The molecule has 0 saturated heterocycles. The van der Waals surface area contributed by atoms with E-state index < -0.39 is 10.0 Å². The lowest BCUT2D eigenvalue weighted by Gasteiger charge is -2.12. The van der Waals surface area contributed by atoms with Crippen molar-refractivity contribution in [3.05, 3.63) is 28.2 Å². The van der Waals surface area contributed by atoms with Crippen LogP contribution in [0.4, 0.5) is 0 Å². The summed E-state index contributed by atoms with van der Waals surface area (Å²) < 4.78 is 32.3. The molecule has 0 aliphatic rings. The zero-order chi connectivity index (χ0) is 13.1. The van der Waals surface area contributed by atoms with Gasteiger partial charge in [-0.05, 0) is 37.6 Å². The van der Waals surface area contributed by atoms with Crippen molar-refractivity contribution >= 4 is 26.0 Å². The Labute approximate surface area is 111 Å². The van der Waals surface area contributed by atoms with Crippen molar-refractivity contribution in [2.45, 2.75) is 24.8 Å². The topological polar surface area (TPSA) is 55.4 Å². The third-order valence-electron chi connectivity index (χ3n) is 2.40. The molecule has 1 N–H and O–H groups in total. The smallest absolute Gasteiger partial charge is 0.240 e. The minimum Gasteiger partial charge on any atom is -0.380 e. The van der Waals surface area contributed by atoms with Crippen LogP contribution in [0.2, 0.25) is 0 Å². The highest BCUT2D eigenvalue weighted by Gasteiger charge is 2.15. The van der Waals surface area contributed by atoms with Gasteiger partial charge in [0.1, 0.15) is 0 Å². The number of benzene rings is 1. The molecular formula is C11H16BrNO3S. The van der Waals surface area contributed by atoms with E-state index in [0.29, 0.717) is 0 Å². The molecule has 0 heterocycles. The minimum atomic E-state index is -3.46. The summed E-state index contributed by atoms with van der Waals surface area (Å²) in [4.78, 5) is 0.265. The molecule has 1 atom stereocenters. The highest BCUT2D eigenvalue weighted by atomic mass is 79.9. The molecule has 0 aliphatic heterocycles. The van der Waals surface area contributed by atoms with Crippen LogP contribution in [0.5, 0.6) is 0 Å². The van der Waals surface area contributed by atoms with Gasteiger partial charge in [-0.15, -0.1) is 0 Å². The number of aryl methyl sites for hydroxylation is 1. The molecule has 1 rings (SSSR count).